The maximum atomic E-state index is 5.73. The van der Waals surface area contributed by atoms with Gasteiger partial charge in [0.1, 0.15) is 0 Å². The van der Waals surface area contributed by atoms with Gasteiger partial charge in [0.15, 0.2) is 0 Å². The van der Waals surface area contributed by atoms with Gasteiger partial charge in [0.05, 0.1) is 6.61 Å². The van der Waals surface area contributed by atoms with E-state index in [9.17, 15) is 0 Å². The highest BCUT2D eigenvalue weighted by atomic mass is 16.5. The SMILES string of the molecule is CCNC1CCN(CCOCCC(C)C)CC1CC. The highest BCUT2D eigenvalue weighted by Crippen LogP contribution is 2.19. The first-order chi connectivity index (χ1) is 9.17. The van der Waals surface area contributed by atoms with E-state index in [1.165, 1.54) is 32.4 Å². The van der Waals surface area contributed by atoms with E-state index in [1.807, 2.05) is 0 Å². The largest absolute Gasteiger partial charge is 0.380 e. The van der Waals surface area contributed by atoms with Crippen molar-refractivity contribution >= 4 is 0 Å². The number of nitrogens with zero attached hydrogens (tertiary/aromatic N) is 1. The lowest BCUT2D eigenvalue weighted by Crippen LogP contribution is -2.49. The second-order valence-electron chi connectivity index (χ2n) is 6.22. The molecule has 3 heteroatoms. The molecule has 0 aliphatic carbocycles. The fourth-order valence-corrected chi connectivity index (χ4v) is 2.87. The van der Waals surface area contributed by atoms with E-state index in [2.05, 4.69) is 37.9 Å². The molecule has 114 valence electrons. The smallest absolute Gasteiger partial charge is 0.0593 e. The Hall–Kier alpha value is -0.120. The van der Waals surface area contributed by atoms with Crippen LogP contribution in [0.1, 0.15) is 47.0 Å². The number of likely N-dealkylation sites (tertiary alicyclic amines) is 1. The fourth-order valence-electron chi connectivity index (χ4n) is 2.87. The molecular weight excluding hydrogens is 236 g/mol. The van der Waals surface area contributed by atoms with Gasteiger partial charge in [0.25, 0.3) is 0 Å². The van der Waals surface area contributed by atoms with Crippen LogP contribution >= 0.6 is 0 Å². The molecular formula is C16H34N2O. The van der Waals surface area contributed by atoms with Crippen LogP contribution < -0.4 is 5.32 Å². The summed E-state index contributed by atoms with van der Waals surface area (Å²) in [6, 6.07) is 0.730. The molecule has 1 fully saturated rings. The van der Waals surface area contributed by atoms with Crippen molar-refractivity contribution < 1.29 is 4.74 Å². The van der Waals surface area contributed by atoms with Crippen LogP contribution in [0.15, 0.2) is 0 Å². The summed E-state index contributed by atoms with van der Waals surface area (Å²) in [7, 11) is 0. The van der Waals surface area contributed by atoms with Gasteiger partial charge in [-0.05, 0) is 37.8 Å². The van der Waals surface area contributed by atoms with Crippen molar-refractivity contribution in [2.24, 2.45) is 11.8 Å². The van der Waals surface area contributed by atoms with Gasteiger partial charge in [-0.1, -0.05) is 34.1 Å². The molecule has 2 atom stereocenters. The first kappa shape index (κ1) is 16.9. The van der Waals surface area contributed by atoms with Crippen molar-refractivity contribution in [1.82, 2.24) is 10.2 Å². The van der Waals surface area contributed by atoms with Crippen LogP contribution in [0.3, 0.4) is 0 Å². The molecule has 1 aliphatic heterocycles. The summed E-state index contributed by atoms with van der Waals surface area (Å²) in [6.45, 7) is 15.5. The minimum absolute atomic E-state index is 0.730. The summed E-state index contributed by atoms with van der Waals surface area (Å²) in [6.07, 6.45) is 3.75. The van der Waals surface area contributed by atoms with E-state index in [4.69, 9.17) is 4.74 Å². The molecule has 0 aromatic rings. The van der Waals surface area contributed by atoms with Crippen molar-refractivity contribution in [3.8, 4) is 0 Å². The standard InChI is InChI=1S/C16H34N2O/c1-5-15-13-18(9-7-16(15)17-6-2)10-12-19-11-8-14(3)4/h14-17H,5-13H2,1-4H3. The molecule has 3 nitrogen and oxygen atoms in total. The van der Waals surface area contributed by atoms with Gasteiger partial charge >= 0.3 is 0 Å². The average molecular weight is 270 g/mol. The molecule has 1 rings (SSSR count). The maximum Gasteiger partial charge on any atom is 0.0593 e. The van der Waals surface area contributed by atoms with Gasteiger partial charge in [-0.15, -0.1) is 0 Å². The van der Waals surface area contributed by atoms with Crippen LogP contribution in [0.25, 0.3) is 0 Å². The molecule has 0 aromatic carbocycles. The van der Waals surface area contributed by atoms with Crippen LogP contribution in [0, 0.1) is 11.8 Å². The van der Waals surface area contributed by atoms with Gasteiger partial charge in [0, 0.05) is 25.7 Å². The summed E-state index contributed by atoms with van der Waals surface area (Å²) >= 11 is 0. The number of hydrogen-bond acceptors (Lipinski definition) is 3. The zero-order chi connectivity index (χ0) is 14.1. The molecule has 1 heterocycles. The molecule has 0 spiro atoms. The Morgan fingerprint density at radius 2 is 2.05 bits per heavy atom. The zero-order valence-electron chi connectivity index (χ0n) is 13.5. The summed E-state index contributed by atoms with van der Waals surface area (Å²) in [5.41, 5.74) is 0. The zero-order valence-corrected chi connectivity index (χ0v) is 13.5. The summed E-state index contributed by atoms with van der Waals surface area (Å²) in [5.74, 6) is 1.56. The van der Waals surface area contributed by atoms with E-state index < -0.39 is 0 Å². The second-order valence-corrected chi connectivity index (χ2v) is 6.22. The first-order valence-corrected chi connectivity index (χ1v) is 8.20. The van der Waals surface area contributed by atoms with Crippen molar-refractivity contribution in [2.45, 2.75) is 53.0 Å². The lowest BCUT2D eigenvalue weighted by molar-refractivity contribution is 0.0697. The quantitative estimate of drug-likeness (QED) is 0.652. The van der Waals surface area contributed by atoms with Gasteiger partial charge < -0.3 is 15.0 Å². The number of piperidine rings is 1. The molecule has 0 aromatic heterocycles. The molecule has 1 aliphatic rings. The van der Waals surface area contributed by atoms with Gasteiger partial charge in [0.2, 0.25) is 0 Å². The Morgan fingerprint density at radius 3 is 2.68 bits per heavy atom. The van der Waals surface area contributed by atoms with Crippen molar-refractivity contribution in [1.29, 1.82) is 0 Å². The normalized spacial score (nSPS) is 25.1. The minimum atomic E-state index is 0.730. The minimum Gasteiger partial charge on any atom is -0.380 e. The van der Waals surface area contributed by atoms with E-state index in [1.54, 1.807) is 0 Å². The molecule has 1 N–H and O–H groups in total. The Kier molecular flexibility index (Phi) is 8.67. The lowest BCUT2D eigenvalue weighted by Gasteiger charge is -2.38. The predicted octanol–water partition coefficient (Wildman–Crippen LogP) is 2.76. The third-order valence-corrected chi connectivity index (χ3v) is 4.20. The number of ether oxygens (including phenoxy) is 1. The second kappa shape index (κ2) is 9.73. The van der Waals surface area contributed by atoms with Crippen LogP contribution in [0.5, 0.6) is 0 Å². The highest BCUT2D eigenvalue weighted by Gasteiger charge is 2.26. The van der Waals surface area contributed by atoms with E-state index >= 15 is 0 Å². The predicted molar refractivity (Wildman–Crippen MR) is 82.6 cm³/mol. The van der Waals surface area contributed by atoms with E-state index in [0.717, 1.165) is 44.2 Å². The molecule has 19 heavy (non-hydrogen) atoms. The van der Waals surface area contributed by atoms with Gasteiger partial charge in [-0.2, -0.15) is 0 Å². The molecule has 0 amide bonds. The topological polar surface area (TPSA) is 24.5 Å². The van der Waals surface area contributed by atoms with Crippen molar-refractivity contribution in [3.63, 3.8) is 0 Å². The summed E-state index contributed by atoms with van der Waals surface area (Å²) < 4.78 is 5.73. The fraction of sp³-hybridized carbons (Fsp3) is 1.00. The Morgan fingerprint density at radius 1 is 1.26 bits per heavy atom. The molecule has 0 bridgehead atoms. The monoisotopic (exact) mass is 270 g/mol. The number of hydrogen-bond donors (Lipinski definition) is 1. The molecule has 0 radical (unpaired) electrons. The molecule has 2 unspecified atom stereocenters. The Balaban J connectivity index is 2.15. The van der Waals surface area contributed by atoms with Crippen LogP contribution in [-0.4, -0.2) is 50.3 Å². The number of nitrogens with one attached hydrogen (secondary N) is 1. The van der Waals surface area contributed by atoms with Crippen LogP contribution in [0.4, 0.5) is 0 Å². The molecule has 1 saturated heterocycles. The maximum absolute atomic E-state index is 5.73. The third kappa shape index (κ3) is 6.73. The average Bonchev–Trinajstić information content (AvgIpc) is 2.39. The Labute approximate surface area is 120 Å². The molecule has 0 saturated carbocycles. The number of rotatable bonds is 9. The van der Waals surface area contributed by atoms with E-state index in [-0.39, 0.29) is 0 Å². The first-order valence-electron chi connectivity index (χ1n) is 8.20. The van der Waals surface area contributed by atoms with Crippen LogP contribution in [0.2, 0.25) is 0 Å². The van der Waals surface area contributed by atoms with Crippen molar-refractivity contribution in [2.75, 3.05) is 39.4 Å². The van der Waals surface area contributed by atoms with Crippen LogP contribution in [-0.2, 0) is 4.74 Å². The van der Waals surface area contributed by atoms with Crippen molar-refractivity contribution in [3.05, 3.63) is 0 Å². The summed E-state index contributed by atoms with van der Waals surface area (Å²) in [5, 5.41) is 3.64. The van der Waals surface area contributed by atoms with Gasteiger partial charge in [-0.25, -0.2) is 0 Å². The third-order valence-electron chi connectivity index (χ3n) is 4.20. The Bertz CT molecular complexity index is 221. The van der Waals surface area contributed by atoms with E-state index in [0.29, 0.717) is 0 Å². The van der Waals surface area contributed by atoms with Gasteiger partial charge in [-0.3, -0.25) is 0 Å². The lowest BCUT2D eigenvalue weighted by atomic mass is 9.90. The summed E-state index contributed by atoms with van der Waals surface area (Å²) in [4.78, 5) is 2.58. The highest BCUT2D eigenvalue weighted by molar-refractivity contribution is 4.84.